The van der Waals surface area contributed by atoms with Crippen LogP contribution < -0.4 is 10.2 Å². The van der Waals surface area contributed by atoms with Crippen LogP contribution in [0.3, 0.4) is 0 Å². The van der Waals surface area contributed by atoms with Crippen molar-refractivity contribution in [2.75, 3.05) is 62.7 Å². The molecule has 0 amide bonds. The zero-order valence-electron chi connectivity index (χ0n) is 17.5. The Morgan fingerprint density at radius 1 is 0.968 bits per heavy atom. The highest BCUT2D eigenvalue weighted by Crippen LogP contribution is 2.39. The minimum Gasteiger partial charge on any atom is -0.389 e. The van der Waals surface area contributed by atoms with Crippen LogP contribution in [-0.2, 0) is 4.74 Å². The molecule has 0 atom stereocenters. The first-order chi connectivity index (χ1) is 15.1. The van der Waals surface area contributed by atoms with Gasteiger partial charge in [-0.15, -0.1) is 0 Å². The molecule has 5 rings (SSSR count). The van der Waals surface area contributed by atoms with E-state index in [-0.39, 0.29) is 11.6 Å². The molecule has 0 bridgehead atoms. The third kappa shape index (κ3) is 3.73. The van der Waals surface area contributed by atoms with Crippen molar-refractivity contribution in [3.8, 4) is 0 Å². The molecular formula is C24H27N3O4. The average molecular weight is 421 g/mol. The molecule has 2 aromatic rings. The number of ketones is 2. The Hall–Kier alpha value is -2.74. The molecule has 0 saturated carbocycles. The normalized spacial score (nSPS) is 19.1. The molecule has 0 unspecified atom stereocenters. The number of morpholine rings is 1. The van der Waals surface area contributed by atoms with E-state index in [1.54, 1.807) is 24.3 Å². The topological polar surface area (TPSA) is 82.1 Å². The second-order valence-corrected chi connectivity index (χ2v) is 8.38. The van der Waals surface area contributed by atoms with Gasteiger partial charge in [-0.05, 0) is 25.1 Å². The van der Waals surface area contributed by atoms with Crippen LogP contribution >= 0.6 is 0 Å². The summed E-state index contributed by atoms with van der Waals surface area (Å²) in [5.74, 6) is -0.248. The Labute approximate surface area is 181 Å². The summed E-state index contributed by atoms with van der Waals surface area (Å²) in [5.41, 5.74) is 3.24. The molecular weight excluding hydrogens is 394 g/mol. The fourth-order valence-electron chi connectivity index (χ4n) is 4.62. The smallest absolute Gasteiger partial charge is 0.196 e. The summed E-state index contributed by atoms with van der Waals surface area (Å²) in [6, 6.07) is 10.8. The van der Waals surface area contributed by atoms with E-state index in [0.717, 1.165) is 45.0 Å². The molecule has 0 radical (unpaired) electrons. The van der Waals surface area contributed by atoms with Gasteiger partial charge in [0, 0.05) is 55.2 Å². The number of aliphatic hydroxyl groups is 1. The lowest BCUT2D eigenvalue weighted by Crippen LogP contribution is -2.51. The highest BCUT2D eigenvalue weighted by Gasteiger charge is 2.37. The van der Waals surface area contributed by atoms with Crippen molar-refractivity contribution in [3.63, 3.8) is 0 Å². The fourth-order valence-corrected chi connectivity index (χ4v) is 4.62. The molecule has 162 valence electrons. The lowest BCUT2D eigenvalue weighted by atomic mass is 9.81. The van der Waals surface area contributed by atoms with Crippen LogP contribution in [0, 0.1) is 0 Å². The molecule has 0 spiro atoms. The summed E-state index contributed by atoms with van der Waals surface area (Å²) in [7, 11) is 0. The van der Waals surface area contributed by atoms with Crippen LogP contribution in [0.25, 0.3) is 0 Å². The first-order valence-corrected chi connectivity index (χ1v) is 11.0. The van der Waals surface area contributed by atoms with Crippen molar-refractivity contribution < 1.29 is 19.4 Å². The highest BCUT2D eigenvalue weighted by molar-refractivity contribution is 6.32. The monoisotopic (exact) mass is 421 g/mol. The molecule has 1 aliphatic carbocycles. The number of benzene rings is 2. The molecule has 2 saturated heterocycles. The molecule has 2 heterocycles. The van der Waals surface area contributed by atoms with Crippen molar-refractivity contribution in [2.45, 2.75) is 12.5 Å². The van der Waals surface area contributed by atoms with Crippen molar-refractivity contribution >= 4 is 22.9 Å². The molecule has 2 aromatic carbocycles. The van der Waals surface area contributed by atoms with Gasteiger partial charge in [-0.3, -0.25) is 14.5 Å². The predicted molar refractivity (Wildman–Crippen MR) is 118 cm³/mol. The van der Waals surface area contributed by atoms with Crippen LogP contribution in [0.4, 0.5) is 11.4 Å². The number of rotatable bonds is 6. The standard InChI is InChI=1S/C24H27N3O4/c28-16-14-27(15-16)20-7-6-19(25-8-3-9-26-10-12-31-13-11-26)21-22(20)24(30)18-5-2-1-4-17(18)23(21)29/h1-2,4-7,16,25,28H,3,8-15H2. The molecule has 7 nitrogen and oxygen atoms in total. The summed E-state index contributed by atoms with van der Waals surface area (Å²) in [6.07, 6.45) is 0.545. The molecule has 2 N–H and O–H groups in total. The summed E-state index contributed by atoms with van der Waals surface area (Å²) in [5, 5.41) is 13.2. The lowest BCUT2D eigenvalue weighted by molar-refractivity contribution is 0.0378. The van der Waals surface area contributed by atoms with Gasteiger partial charge in [0.15, 0.2) is 11.6 Å². The van der Waals surface area contributed by atoms with Gasteiger partial charge in [-0.2, -0.15) is 0 Å². The van der Waals surface area contributed by atoms with Gasteiger partial charge >= 0.3 is 0 Å². The summed E-state index contributed by atoms with van der Waals surface area (Å²) < 4.78 is 5.39. The second kappa shape index (κ2) is 8.42. The second-order valence-electron chi connectivity index (χ2n) is 8.38. The van der Waals surface area contributed by atoms with Crippen molar-refractivity contribution in [1.29, 1.82) is 0 Å². The van der Waals surface area contributed by atoms with E-state index in [2.05, 4.69) is 10.2 Å². The van der Waals surface area contributed by atoms with E-state index in [9.17, 15) is 14.7 Å². The number of nitrogens with zero attached hydrogens (tertiary/aromatic N) is 2. The van der Waals surface area contributed by atoms with Crippen LogP contribution in [0.2, 0.25) is 0 Å². The first-order valence-electron chi connectivity index (χ1n) is 11.0. The number of ether oxygens (including phenoxy) is 1. The van der Waals surface area contributed by atoms with E-state index in [1.807, 2.05) is 17.0 Å². The van der Waals surface area contributed by atoms with E-state index in [4.69, 9.17) is 4.74 Å². The minimum absolute atomic E-state index is 0.121. The molecule has 2 aliphatic heterocycles. The Morgan fingerprint density at radius 3 is 2.32 bits per heavy atom. The maximum absolute atomic E-state index is 13.4. The van der Waals surface area contributed by atoms with Gasteiger partial charge < -0.3 is 20.1 Å². The zero-order valence-corrected chi connectivity index (χ0v) is 17.5. The maximum Gasteiger partial charge on any atom is 0.196 e. The Bertz CT molecular complexity index is 1010. The van der Waals surface area contributed by atoms with Crippen LogP contribution in [0.1, 0.15) is 38.3 Å². The number of carbonyl (C=O) groups is 2. The van der Waals surface area contributed by atoms with Crippen molar-refractivity contribution in [3.05, 3.63) is 58.7 Å². The van der Waals surface area contributed by atoms with E-state index < -0.39 is 6.10 Å². The minimum atomic E-state index is -0.393. The Morgan fingerprint density at radius 2 is 1.65 bits per heavy atom. The number of aliphatic hydroxyl groups excluding tert-OH is 1. The van der Waals surface area contributed by atoms with Crippen molar-refractivity contribution in [1.82, 2.24) is 4.90 Å². The Kier molecular flexibility index (Phi) is 5.48. The van der Waals surface area contributed by atoms with Gasteiger partial charge in [0.05, 0.1) is 30.4 Å². The van der Waals surface area contributed by atoms with Gasteiger partial charge in [0.1, 0.15) is 0 Å². The first kappa shape index (κ1) is 20.2. The van der Waals surface area contributed by atoms with E-state index in [0.29, 0.717) is 47.6 Å². The number of anilines is 2. The quantitative estimate of drug-likeness (QED) is 0.587. The van der Waals surface area contributed by atoms with Gasteiger partial charge in [-0.1, -0.05) is 24.3 Å². The fraction of sp³-hybridized carbons (Fsp3) is 0.417. The number of fused-ring (bicyclic) bond motifs is 2. The van der Waals surface area contributed by atoms with Crippen LogP contribution in [0.5, 0.6) is 0 Å². The predicted octanol–water partition coefficient (Wildman–Crippen LogP) is 1.78. The molecule has 0 aromatic heterocycles. The number of hydrogen-bond donors (Lipinski definition) is 2. The summed E-state index contributed by atoms with van der Waals surface area (Å²) in [4.78, 5) is 31.2. The van der Waals surface area contributed by atoms with Crippen molar-refractivity contribution in [2.24, 2.45) is 0 Å². The SMILES string of the molecule is O=C1c2ccccc2C(=O)c2c(N3CC(O)C3)ccc(NCCCN3CCOCC3)c21. The van der Waals surface area contributed by atoms with Gasteiger partial charge in [-0.25, -0.2) is 0 Å². The molecule has 2 fully saturated rings. The lowest BCUT2D eigenvalue weighted by Gasteiger charge is -2.40. The molecule has 31 heavy (non-hydrogen) atoms. The number of hydrogen-bond acceptors (Lipinski definition) is 7. The van der Waals surface area contributed by atoms with Gasteiger partial charge in [0.25, 0.3) is 0 Å². The largest absolute Gasteiger partial charge is 0.389 e. The number of β-amino-alcohol motifs (C(OH)–C–C–N with tert-alkyl or cyclic N) is 1. The third-order valence-electron chi connectivity index (χ3n) is 6.33. The summed E-state index contributed by atoms with van der Waals surface area (Å²) >= 11 is 0. The number of nitrogens with one attached hydrogen (secondary N) is 1. The van der Waals surface area contributed by atoms with E-state index >= 15 is 0 Å². The maximum atomic E-state index is 13.4. The summed E-state index contributed by atoms with van der Waals surface area (Å²) in [6.45, 7) is 6.11. The molecule has 3 aliphatic rings. The Balaban J connectivity index is 1.41. The van der Waals surface area contributed by atoms with Gasteiger partial charge in [0.2, 0.25) is 0 Å². The van der Waals surface area contributed by atoms with Crippen LogP contribution in [-0.4, -0.2) is 80.2 Å². The van der Waals surface area contributed by atoms with E-state index in [1.165, 1.54) is 0 Å². The average Bonchev–Trinajstić information content (AvgIpc) is 2.78. The molecule has 7 heteroatoms. The number of carbonyl (C=O) groups excluding carboxylic acids is 2. The highest BCUT2D eigenvalue weighted by atomic mass is 16.5. The third-order valence-corrected chi connectivity index (χ3v) is 6.33. The zero-order chi connectivity index (χ0) is 21.4. The van der Waals surface area contributed by atoms with Crippen LogP contribution in [0.15, 0.2) is 36.4 Å².